The molecule has 1 aromatic rings. The van der Waals surface area contributed by atoms with E-state index in [0.29, 0.717) is 6.42 Å². The summed E-state index contributed by atoms with van der Waals surface area (Å²) in [6, 6.07) is 9.67. The third-order valence-electron chi connectivity index (χ3n) is 5.95. The predicted octanol–water partition coefficient (Wildman–Crippen LogP) is 4.99. The Hall–Kier alpha value is -1.84. The number of rotatable bonds is 6. The van der Waals surface area contributed by atoms with Gasteiger partial charge in [-0.1, -0.05) is 43.2 Å². The average Bonchev–Trinajstić information content (AvgIpc) is 2.70. The van der Waals surface area contributed by atoms with Gasteiger partial charge in [0.05, 0.1) is 0 Å². The number of benzene rings is 1. The van der Waals surface area contributed by atoms with E-state index in [1.807, 2.05) is 30.3 Å². The molecule has 148 valence electrons. The Kier molecular flexibility index (Phi) is 6.92. The predicted molar refractivity (Wildman–Crippen MR) is 104 cm³/mol. The van der Waals surface area contributed by atoms with Crippen LogP contribution in [-0.2, 0) is 25.5 Å². The van der Waals surface area contributed by atoms with Crippen molar-refractivity contribution in [2.75, 3.05) is 0 Å². The summed E-state index contributed by atoms with van der Waals surface area (Å²) in [6.07, 6.45) is 10.5. The lowest BCUT2D eigenvalue weighted by molar-refractivity contribution is -0.179. The van der Waals surface area contributed by atoms with Crippen LogP contribution < -0.4 is 0 Å². The highest BCUT2D eigenvalue weighted by Crippen LogP contribution is 2.32. The number of hydrogen-bond donors (Lipinski definition) is 0. The minimum absolute atomic E-state index is 0.0659. The van der Waals surface area contributed by atoms with Crippen molar-refractivity contribution in [3.63, 3.8) is 0 Å². The van der Waals surface area contributed by atoms with Gasteiger partial charge in [0.15, 0.2) is 5.41 Å². The molecule has 0 saturated heterocycles. The lowest BCUT2D eigenvalue weighted by atomic mass is 9.83. The summed E-state index contributed by atoms with van der Waals surface area (Å²) in [5, 5.41) is 0. The minimum Gasteiger partial charge on any atom is -0.462 e. The lowest BCUT2D eigenvalue weighted by Crippen LogP contribution is -2.44. The Labute approximate surface area is 162 Å². The van der Waals surface area contributed by atoms with E-state index in [1.54, 1.807) is 6.92 Å². The van der Waals surface area contributed by atoms with Crippen LogP contribution in [0.1, 0.15) is 76.7 Å². The van der Waals surface area contributed by atoms with Gasteiger partial charge >= 0.3 is 11.9 Å². The van der Waals surface area contributed by atoms with Crippen molar-refractivity contribution >= 4 is 11.9 Å². The summed E-state index contributed by atoms with van der Waals surface area (Å²) in [6.45, 7) is 1.69. The number of carbonyl (C=O) groups is 2. The van der Waals surface area contributed by atoms with Crippen molar-refractivity contribution < 1.29 is 19.1 Å². The fraction of sp³-hybridized carbons (Fsp3) is 0.652. The molecule has 0 unspecified atom stereocenters. The van der Waals surface area contributed by atoms with Crippen molar-refractivity contribution in [3.05, 3.63) is 35.9 Å². The Morgan fingerprint density at radius 2 is 1.26 bits per heavy atom. The van der Waals surface area contributed by atoms with E-state index in [9.17, 15) is 9.59 Å². The lowest BCUT2D eigenvalue weighted by Gasteiger charge is -2.32. The number of hydrogen-bond acceptors (Lipinski definition) is 4. The smallest absolute Gasteiger partial charge is 0.323 e. The maximum atomic E-state index is 13.1. The molecule has 1 aromatic carbocycles. The van der Waals surface area contributed by atoms with Crippen LogP contribution in [0.4, 0.5) is 0 Å². The summed E-state index contributed by atoms with van der Waals surface area (Å²) in [7, 11) is 0. The fourth-order valence-corrected chi connectivity index (χ4v) is 4.16. The van der Waals surface area contributed by atoms with Crippen molar-refractivity contribution in [1.82, 2.24) is 0 Å². The third kappa shape index (κ3) is 5.33. The molecule has 0 aromatic heterocycles. The second-order valence-electron chi connectivity index (χ2n) is 8.33. The highest BCUT2D eigenvalue weighted by Gasteiger charge is 2.46. The van der Waals surface area contributed by atoms with E-state index < -0.39 is 17.4 Å². The first-order valence-electron chi connectivity index (χ1n) is 10.5. The summed E-state index contributed by atoms with van der Waals surface area (Å²) in [5.74, 6) is -0.863. The monoisotopic (exact) mass is 372 g/mol. The first kappa shape index (κ1) is 19.9. The molecule has 0 atom stereocenters. The quantitative estimate of drug-likeness (QED) is 0.521. The number of carbonyl (C=O) groups excluding carboxylic acids is 2. The number of ether oxygens (including phenoxy) is 2. The van der Waals surface area contributed by atoms with Gasteiger partial charge in [0.2, 0.25) is 0 Å². The van der Waals surface area contributed by atoms with Gasteiger partial charge in [0, 0.05) is 0 Å². The Morgan fingerprint density at radius 3 is 1.70 bits per heavy atom. The summed E-state index contributed by atoms with van der Waals surface area (Å²) in [4.78, 5) is 26.2. The van der Waals surface area contributed by atoms with Gasteiger partial charge in [-0.2, -0.15) is 0 Å². The van der Waals surface area contributed by atoms with Crippen LogP contribution in [-0.4, -0.2) is 24.1 Å². The van der Waals surface area contributed by atoms with Crippen LogP contribution in [0.2, 0.25) is 0 Å². The van der Waals surface area contributed by atoms with Gasteiger partial charge in [0.1, 0.15) is 12.2 Å². The standard InChI is InChI=1S/C23H32O4/c1-23(17-18-11-5-2-6-12-18,21(24)26-19-13-7-3-8-14-19)22(25)27-20-15-9-4-10-16-20/h2,5-6,11-12,19-20H,3-4,7-10,13-17H2,1H3. The average molecular weight is 373 g/mol. The topological polar surface area (TPSA) is 52.6 Å². The van der Waals surface area contributed by atoms with Gasteiger partial charge < -0.3 is 9.47 Å². The molecular weight excluding hydrogens is 340 g/mol. The maximum absolute atomic E-state index is 13.1. The van der Waals surface area contributed by atoms with Gasteiger partial charge in [-0.3, -0.25) is 9.59 Å². The normalized spacial score (nSPS) is 19.4. The van der Waals surface area contributed by atoms with Crippen molar-refractivity contribution in [2.24, 2.45) is 5.41 Å². The van der Waals surface area contributed by atoms with Gasteiger partial charge in [-0.05, 0) is 70.3 Å². The van der Waals surface area contributed by atoms with E-state index in [0.717, 1.165) is 56.9 Å². The molecule has 0 spiro atoms. The fourth-order valence-electron chi connectivity index (χ4n) is 4.16. The molecule has 3 rings (SSSR count). The zero-order valence-electron chi connectivity index (χ0n) is 16.5. The molecule has 0 bridgehead atoms. The molecule has 4 nitrogen and oxygen atoms in total. The zero-order chi connectivity index (χ0) is 19.1. The van der Waals surface area contributed by atoms with E-state index in [2.05, 4.69) is 0 Å². The molecule has 0 N–H and O–H groups in total. The molecule has 0 amide bonds. The molecule has 2 fully saturated rings. The molecule has 0 heterocycles. The van der Waals surface area contributed by atoms with E-state index >= 15 is 0 Å². The highest BCUT2D eigenvalue weighted by molar-refractivity contribution is 6.00. The Bertz CT molecular complexity index is 581. The Morgan fingerprint density at radius 1 is 0.815 bits per heavy atom. The zero-order valence-corrected chi connectivity index (χ0v) is 16.5. The minimum atomic E-state index is -1.30. The first-order valence-corrected chi connectivity index (χ1v) is 10.5. The maximum Gasteiger partial charge on any atom is 0.323 e. The SMILES string of the molecule is CC(Cc1ccccc1)(C(=O)OC1CCCCC1)C(=O)OC1CCCCC1. The molecule has 2 aliphatic rings. The molecular formula is C23H32O4. The molecule has 2 saturated carbocycles. The molecule has 27 heavy (non-hydrogen) atoms. The molecule has 0 radical (unpaired) electrons. The summed E-state index contributed by atoms with van der Waals surface area (Å²) < 4.78 is 11.6. The second kappa shape index (κ2) is 9.38. The summed E-state index contributed by atoms with van der Waals surface area (Å²) >= 11 is 0. The first-order chi connectivity index (χ1) is 13.1. The molecule has 2 aliphatic carbocycles. The van der Waals surface area contributed by atoms with Gasteiger partial charge in [0.25, 0.3) is 0 Å². The van der Waals surface area contributed by atoms with Crippen LogP contribution in [0.15, 0.2) is 30.3 Å². The second-order valence-corrected chi connectivity index (χ2v) is 8.33. The Balaban J connectivity index is 1.73. The molecule has 0 aliphatic heterocycles. The van der Waals surface area contributed by atoms with Crippen molar-refractivity contribution in [2.45, 2.75) is 89.8 Å². The van der Waals surface area contributed by atoms with Gasteiger partial charge in [-0.15, -0.1) is 0 Å². The van der Waals surface area contributed by atoms with Crippen LogP contribution in [0, 0.1) is 5.41 Å². The summed E-state index contributed by atoms with van der Waals surface area (Å²) in [5.41, 5.74) is -0.350. The van der Waals surface area contributed by atoms with Crippen LogP contribution >= 0.6 is 0 Å². The molecule has 4 heteroatoms. The van der Waals surface area contributed by atoms with Gasteiger partial charge in [-0.25, -0.2) is 0 Å². The van der Waals surface area contributed by atoms with E-state index in [-0.39, 0.29) is 12.2 Å². The van der Waals surface area contributed by atoms with Crippen molar-refractivity contribution in [3.8, 4) is 0 Å². The number of esters is 2. The van der Waals surface area contributed by atoms with E-state index in [1.165, 1.54) is 12.8 Å². The third-order valence-corrected chi connectivity index (χ3v) is 5.95. The van der Waals surface area contributed by atoms with Crippen LogP contribution in [0.3, 0.4) is 0 Å². The van der Waals surface area contributed by atoms with Crippen LogP contribution in [0.5, 0.6) is 0 Å². The van der Waals surface area contributed by atoms with E-state index in [4.69, 9.17) is 9.47 Å². The largest absolute Gasteiger partial charge is 0.462 e. The van der Waals surface area contributed by atoms with Crippen molar-refractivity contribution in [1.29, 1.82) is 0 Å². The highest BCUT2D eigenvalue weighted by atomic mass is 16.6. The van der Waals surface area contributed by atoms with Crippen LogP contribution in [0.25, 0.3) is 0 Å².